The van der Waals surface area contributed by atoms with Crippen molar-refractivity contribution in [3.63, 3.8) is 0 Å². The molecule has 2 atom stereocenters. The van der Waals surface area contributed by atoms with E-state index in [1.54, 1.807) is 30.3 Å². The van der Waals surface area contributed by atoms with E-state index in [0.717, 1.165) is 0 Å². The average Bonchev–Trinajstić information content (AvgIpc) is 2.97. The zero-order valence-electron chi connectivity index (χ0n) is 15.4. The molecule has 2 unspecified atom stereocenters. The van der Waals surface area contributed by atoms with E-state index in [1.807, 2.05) is 0 Å². The van der Waals surface area contributed by atoms with E-state index in [2.05, 4.69) is 0 Å². The van der Waals surface area contributed by atoms with Crippen LogP contribution in [0.15, 0.2) is 36.4 Å². The molecule has 1 heterocycles. The van der Waals surface area contributed by atoms with Crippen LogP contribution in [-0.2, 0) is 16.0 Å². The second kappa shape index (κ2) is 7.36. The number of phenols is 1. The molecule has 0 radical (unpaired) electrons. The van der Waals surface area contributed by atoms with E-state index in [0.29, 0.717) is 22.6 Å². The molecule has 1 fully saturated rings. The monoisotopic (exact) mass is 374 g/mol. The first kappa shape index (κ1) is 18.8. The van der Waals surface area contributed by atoms with Crippen LogP contribution in [0.25, 0.3) is 0 Å². The predicted octanol–water partition coefficient (Wildman–Crippen LogP) is 2.38. The third-order valence-electron chi connectivity index (χ3n) is 4.67. The van der Waals surface area contributed by atoms with Crippen molar-refractivity contribution in [1.82, 2.24) is 0 Å². The highest BCUT2D eigenvalue weighted by Gasteiger charge is 2.48. The number of cyclic esters (lactones) is 1. The normalized spacial score (nSPS) is 21.6. The summed E-state index contributed by atoms with van der Waals surface area (Å²) in [6, 6.07) is 9.91. The molecule has 2 N–H and O–H groups in total. The number of methoxy groups -OCH3 is 3. The molecule has 7 nitrogen and oxygen atoms in total. The first-order valence-electron chi connectivity index (χ1n) is 8.41. The van der Waals surface area contributed by atoms with Gasteiger partial charge in [-0.3, -0.25) is 0 Å². The maximum Gasteiger partial charge on any atom is 0.339 e. The van der Waals surface area contributed by atoms with Crippen LogP contribution >= 0.6 is 0 Å². The fraction of sp³-hybridized carbons (Fsp3) is 0.350. The molecule has 7 heteroatoms. The summed E-state index contributed by atoms with van der Waals surface area (Å²) in [6.45, 7) is 0. The molecule has 144 valence electrons. The minimum Gasteiger partial charge on any atom is -0.504 e. The molecule has 3 rings (SSSR count). The van der Waals surface area contributed by atoms with Crippen molar-refractivity contribution in [3.8, 4) is 23.0 Å². The van der Waals surface area contributed by atoms with E-state index >= 15 is 0 Å². The van der Waals surface area contributed by atoms with E-state index < -0.39 is 17.7 Å². The Balaban J connectivity index is 1.82. The molecule has 0 aromatic heterocycles. The number of ether oxygens (including phenoxy) is 4. The summed E-state index contributed by atoms with van der Waals surface area (Å²) >= 11 is 0. The molecule has 0 amide bonds. The topological polar surface area (TPSA) is 94.5 Å². The summed E-state index contributed by atoms with van der Waals surface area (Å²) in [5, 5.41) is 20.6. The molecule has 0 saturated carbocycles. The van der Waals surface area contributed by atoms with Gasteiger partial charge in [-0.25, -0.2) is 4.79 Å². The molecule has 0 aliphatic carbocycles. The van der Waals surface area contributed by atoms with Crippen molar-refractivity contribution in [3.05, 3.63) is 47.5 Å². The Labute approximate surface area is 157 Å². The predicted molar refractivity (Wildman–Crippen MR) is 96.3 cm³/mol. The molecule has 0 spiro atoms. The number of benzene rings is 2. The maximum atomic E-state index is 12.4. The van der Waals surface area contributed by atoms with Gasteiger partial charge < -0.3 is 29.2 Å². The van der Waals surface area contributed by atoms with Gasteiger partial charge in [0.2, 0.25) is 0 Å². The third kappa shape index (κ3) is 3.64. The van der Waals surface area contributed by atoms with E-state index in [9.17, 15) is 15.0 Å². The Morgan fingerprint density at radius 3 is 2.41 bits per heavy atom. The van der Waals surface area contributed by atoms with Crippen molar-refractivity contribution < 1.29 is 34.0 Å². The van der Waals surface area contributed by atoms with Gasteiger partial charge in [-0.1, -0.05) is 12.1 Å². The number of carbonyl (C=O) groups excluding carboxylic acids is 1. The fourth-order valence-electron chi connectivity index (χ4n) is 3.22. The second-order valence-electron chi connectivity index (χ2n) is 6.43. The van der Waals surface area contributed by atoms with Gasteiger partial charge in [0.15, 0.2) is 28.6 Å². The Kier molecular flexibility index (Phi) is 5.14. The van der Waals surface area contributed by atoms with Gasteiger partial charge in [0.25, 0.3) is 0 Å². The summed E-state index contributed by atoms with van der Waals surface area (Å²) < 4.78 is 21.0. The van der Waals surface area contributed by atoms with E-state index in [-0.39, 0.29) is 24.3 Å². The summed E-state index contributed by atoms with van der Waals surface area (Å²) in [4.78, 5) is 12.4. The van der Waals surface area contributed by atoms with Crippen molar-refractivity contribution in [1.29, 1.82) is 0 Å². The number of hydrogen-bond acceptors (Lipinski definition) is 7. The molecule has 1 aliphatic heterocycles. The molecule has 1 aliphatic rings. The number of aliphatic hydroxyl groups is 1. The van der Waals surface area contributed by atoms with Crippen molar-refractivity contribution >= 4 is 5.97 Å². The van der Waals surface area contributed by atoms with Crippen molar-refractivity contribution in [2.24, 2.45) is 0 Å². The van der Waals surface area contributed by atoms with Gasteiger partial charge in [-0.15, -0.1) is 0 Å². The molecule has 1 saturated heterocycles. The maximum absolute atomic E-state index is 12.4. The Hall–Kier alpha value is -2.93. The highest BCUT2D eigenvalue weighted by molar-refractivity contribution is 5.82. The number of esters is 1. The molecular formula is C20H22O7. The third-order valence-corrected chi connectivity index (χ3v) is 4.67. The summed E-state index contributed by atoms with van der Waals surface area (Å²) in [6.07, 6.45) is -0.446. The Morgan fingerprint density at radius 1 is 1.04 bits per heavy atom. The second-order valence-corrected chi connectivity index (χ2v) is 6.43. The minimum absolute atomic E-state index is 0.00885. The van der Waals surface area contributed by atoms with Crippen LogP contribution in [0.3, 0.4) is 0 Å². The van der Waals surface area contributed by atoms with Gasteiger partial charge in [0.05, 0.1) is 21.3 Å². The Bertz CT molecular complexity index is 848. The molecule has 2 aromatic carbocycles. The summed E-state index contributed by atoms with van der Waals surface area (Å²) in [7, 11) is 4.50. The molecule has 2 aromatic rings. The lowest BCUT2D eigenvalue weighted by atomic mass is 9.89. The average molecular weight is 374 g/mol. The lowest BCUT2D eigenvalue weighted by Crippen LogP contribution is -2.36. The van der Waals surface area contributed by atoms with Gasteiger partial charge in [0.1, 0.15) is 6.10 Å². The zero-order chi connectivity index (χ0) is 19.6. The van der Waals surface area contributed by atoms with Crippen LogP contribution in [0, 0.1) is 0 Å². The highest BCUT2D eigenvalue weighted by atomic mass is 16.6. The van der Waals surface area contributed by atoms with Crippen molar-refractivity contribution in [2.75, 3.05) is 21.3 Å². The van der Waals surface area contributed by atoms with Gasteiger partial charge in [-0.2, -0.15) is 0 Å². The number of carbonyl (C=O) groups is 1. The number of rotatable bonds is 6. The van der Waals surface area contributed by atoms with Crippen LogP contribution in [-0.4, -0.2) is 43.1 Å². The van der Waals surface area contributed by atoms with Crippen LogP contribution in [0.2, 0.25) is 0 Å². The summed E-state index contributed by atoms with van der Waals surface area (Å²) in [5.41, 5.74) is -0.308. The van der Waals surface area contributed by atoms with Crippen LogP contribution < -0.4 is 14.2 Å². The first-order chi connectivity index (χ1) is 12.9. The molecular weight excluding hydrogens is 352 g/mol. The smallest absolute Gasteiger partial charge is 0.339 e. The lowest BCUT2D eigenvalue weighted by molar-refractivity contribution is -0.155. The Morgan fingerprint density at radius 2 is 1.74 bits per heavy atom. The summed E-state index contributed by atoms with van der Waals surface area (Å²) in [5.74, 6) is 0.667. The van der Waals surface area contributed by atoms with Crippen LogP contribution in [0.4, 0.5) is 0 Å². The fourth-order valence-corrected chi connectivity index (χ4v) is 3.22. The quantitative estimate of drug-likeness (QED) is 0.750. The highest BCUT2D eigenvalue weighted by Crippen LogP contribution is 2.41. The number of hydrogen-bond donors (Lipinski definition) is 2. The standard InChI is InChI=1S/C20H22O7/c1-24-15-7-5-13(9-17(15)26-3)18-11-20(23,19(22)27-18)10-12-4-6-14(21)16(8-12)25-2/h4-9,18,21,23H,10-11H2,1-3H3. The van der Waals surface area contributed by atoms with E-state index in [1.165, 1.54) is 27.4 Å². The van der Waals surface area contributed by atoms with Gasteiger partial charge in [-0.05, 0) is 35.4 Å². The first-order valence-corrected chi connectivity index (χ1v) is 8.41. The SMILES string of the molecule is COc1cc(CC2(O)CC(c3ccc(OC)c(OC)c3)OC2=O)ccc1O. The van der Waals surface area contributed by atoms with Crippen LogP contribution in [0.1, 0.15) is 23.7 Å². The van der Waals surface area contributed by atoms with Crippen LogP contribution in [0.5, 0.6) is 23.0 Å². The molecule has 27 heavy (non-hydrogen) atoms. The largest absolute Gasteiger partial charge is 0.504 e. The number of phenolic OH excluding ortho intramolecular Hbond substituents is 1. The van der Waals surface area contributed by atoms with Crippen molar-refractivity contribution in [2.45, 2.75) is 24.5 Å². The minimum atomic E-state index is -1.67. The molecule has 0 bridgehead atoms. The number of aromatic hydroxyl groups is 1. The van der Waals surface area contributed by atoms with E-state index in [4.69, 9.17) is 18.9 Å². The zero-order valence-corrected chi connectivity index (χ0v) is 15.4. The lowest BCUT2D eigenvalue weighted by Gasteiger charge is -2.18. The van der Waals surface area contributed by atoms with Gasteiger partial charge >= 0.3 is 5.97 Å². The van der Waals surface area contributed by atoms with Gasteiger partial charge in [0, 0.05) is 12.8 Å².